The van der Waals surface area contributed by atoms with E-state index >= 15 is 4.39 Å². The monoisotopic (exact) mass is 704 g/mol. The molecule has 2 N–H and O–H groups in total. The lowest BCUT2D eigenvalue weighted by Crippen LogP contribution is -2.48. The fourth-order valence-corrected chi connectivity index (χ4v) is 7.07. The van der Waals surface area contributed by atoms with Crippen LogP contribution in [0.2, 0.25) is 5.02 Å². The number of likely N-dealkylation sites (tertiary alicyclic amines) is 1. The largest absolute Gasteiger partial charge is 0.444 e. The zero-order chi connectivity index (χ0) is 36.1. The number of benzene rings is 2. The van der Waals surface area contributed by atoms with E-state index < -0.39 is 40.2 Å². The van der Waals surface area contributed by atoms with Crippen LogP contribution in [0.1, 0.15) is 91.7 Å². The van der Waals surface area contributed by atoms with Crippen LogP contribution in [0.25, 0.3) is 0 Å². The van der Waals surface area contributed by atoms with Gasteiger partial charge in [-0.1, -0.05) is 23.7 Å². The first-order valence-corrected chi connectivity index (χ1v) is 17.2. The lowest BCUT2D eigenvalue weighted by molar-refractivity contribution is -0.130. The summed E-state index contributed by atoms with van der Waals surface area (Å²) < 4.78 is 29.2. The van der Waals surface area contributed by atoms with E-state index in [4.69, 9.17) is 21.1 Å². The molecular formula is C38H42ClFN4O6. The normalized spacial score (nSPS) is 21.4. The molecule has 12 heteroatoms. The van der Waals surface area contributed by atoms with Crippen LogP contribution in [-0.4, -0.2) is 68.9 Å². The highest BCUT2D eigenvalue weighted by molar-refractivity contribution is 6.30. The Bertz CT molecular complexity index is 1810. The Morgan fingerprint density at radius 3 is 2.36 bits per heavy atom. The number of piperidine rings is 1. The van der Waals surface area contributed by atoms with E-state index in [0.29, 0.717) is 47.8 Å². The lowest BCUT2D eigenvalue weighted by Gasteiger charge is -2.41. The predicted octanol–water partition coefficient (Wildman–Crippen LogP) is 6.25. The topological polar surface area (TPSA) is 136 Å². The number of hydrogen-bond donors (Lipinski definition) is 2. The molecule has 0 radical (unpaired) electrons. The molecule has 1 unspecified atom stereocenters. The second-order valence-electron chi connectivity index (χ2n) is 14.9. The highest BCUT2D eigenvalue weighted by Crippen LogP contribution is 2.53. The van der Waals surface area contributed by atoms with Crippen LogP contribution in [0, 0.1) is 28.5 Å². The van der Waals surface area contributed by atoms with Crippen LogP contribution in [0.5, 0.6) is 0 Å². The van der Waals surface area contributed by atoms with Crippen molar-refractivity contribution in [2.75, 3.05) is 26.3 Å². The van der Waals surface area contributed by atoms with Gasteiger partial charge in [-0.25, -0.2) is 9.18 Å². The number of pyridine rings is 1. The Kier molecular flexibility index (Phi) is 9.46. The van der Waals surface area contributed by atoms with E-state index in [9.17, 15) is 25.1 Å². The molecule has 0 bridgehead atoms. The highest BCUT2D eigenvalue weighted by Gasteiger charge is 2.57. The smallest absolute Gasteiger partial charge is 0.410 e. The minimum Gasteiger partial charge on any atom is -0.444 e. The number of aliphatic hydroxyl groups excluding tert-OH is 1. The van der Waals surface area contributed by atoms with Gasteiger partial charge in [-0.05, 0) is 101 Å². The molecule has 50 heavy (non-hydrogen) atoms. The maximum Gasteiger partial charge on any atom is 0.410 e. The minimum atomic E-state index is -1.77. The summed E-state index contributed by atoms with van der Waals surface area (Å²) in [4.78, 5) is 34.7. The Morgan fingerprint density at radius 2 is 1.80 bits per heavy atom. The van der Waals surface area contributed by atoms with Crippen molar-refractivity contribution in [3.8, 4) is 6.07 Å². The molecule has 3 aromatic rings. The zero-order valence-electron chi connectivity index (χ0n) is 28.7. The second-order valence-corrected chi connectivity index (χ2v) is 15.3. The fourth-order valence-electron chi connectivity index (χ4n) is 6.94. The average Bonchev–Trinajstić information content (AvgIpc) is 3.83. The van der Waals surface area contributed by atoms with Crippen molar-refractivity contribution in [1.29, 1.82) is 5.26 Å². The second kappa shape index (κ2) is 13.2. The van der Waals surface area contributed by atoms with E-state index in [-0.39, 0.29) is 42.4 Å². The van der Waals surface area contributed by atoms with Crippen molar-refractivity contribution in [1.82, 2.24) is 14.8 Å². The van der Waals surface area contributed by atoms with Crippen LogP contribution < -0.4 is 0 Å². The highest BCUT2D eigenvalue weighted by atomic mass is 35.5. The molecule has 1 saturated heterocycles. The molecule has 2 aliphatic heterocycles. The number of carbonyl (C=O) groups is 2. The molecule has 2 atom stereocenters. The Balaban J connectivity index is 1.41. The lowest BCUT2D eigenvalue weighted by atomic mass is 9.76. The molecule has 2 amide bonds. The van der Waals surface area contributed by atoms with Gasteiger partial charge in [0.1, 0.15) is 17.5 Å². The summed E-state index contributed by atoms with van der Waals surface area (Å²) in [5, 5.41) is 31.9. The van der Waals surface area contributed by atoms with Crippen LogP contribution in [-0.2, 0) is 27.3 Å². The SMILES string of the molecule is CC(C)(C)OC(=O)N1CCC(C(C)(O)c2cc(F)c3c(c2)C(=O)N(Cc2ccc(C#N)cn2)[C@@]3(OCC2(CO)CC2)c2ccc(Cl)cc2)CC1. The summed E-state index contributed by atoms with van der Waals surface area (Å²) in [6, 6.07) is 14.7. The van der Waals surface area contributed by atoms with E-state index in [0.717, 1.165) is 12.8 Å². The standard InChI is InChI=1S/C38H42ClFN4O6/c1-35(2,3)50-34(47)43-15-11-25(12-16-43)36(4,48)27-17-30-32(31(40)18-27)38(26-6-8-28(39)9-7-26,49-23-37(22-45)13-14-37)44(33(30)46)21-29-10-5-24(19-41)20-42-29/h5-10,17-18,20,25,45,48H,11-16,21-23H2,1-4H3/t36?,38-/m1/s1. The Hall–Kier alpha value is -4.08. The number of hydrogen-bond acceptors (Lipinski definition) is 8. The molecule has 2 fully saturated rings. The van der Waals surface area contributed by atoms with Crippen molar-refractivity contribution in [3.63, 3.8) is 0 Å². The number of aromatic nitrogens is 1. The summed E-state index contributed by atoms with van der Waals surface area (Å²) in [5.74, 6) is -1.62. The average molecular weight is 705 g/mol. The van der Waals surface area contributed by atoms with Crippen molar-refractivity contribution in [2.45, 2.75) is 76.9 Å². The molecule has 6 rings (SSSR count). The minimum absolute atomic E-state index is 0.00787. The van der Waals surface area contributed by atoms with E-state index in [1.807, 2.05) is 6.07 Å². The number of nitriles is 1. The summed E-state index contributed by atoms with van der Waals surface area (Å²) in [6.07, 6.45) is 3.30. The molecule has 2 aromatic carbocycles. The number of ether oxygens (including phenoxy) is 2. The van der Waals surface area contributed by atoms with Crippen LogP contribution >= 0.6 is 11.6 Å². The third-order valence-corrected chi connectivity index (χ3v) is 10.5. The molecule has 3 aliphatic rings. The summed E-state index contributed by atoms with van der Waals surface area (Å²) >= 11 is 6.28. The molecular weight excluding hydrogens is 663 g/mol. The van der Waals surface area contributed by atoms with Gasteiger partial charge < -0.3 is 24.6 Å². The van der Waals surface area contributed by atoms with Crippen LogP contribution in [0.3, 0.4) is 0 Å². The van der Waals surface area contributed by atoms with Crippen molar-refractivity contribution in [3.05, 3.63) is 99.1 Å². The van der Waals surface area contributed by atoms with Gasteiger partial charge in [0.15, 0.2) is 5.72 Å². The van der Waals surface area contributed by atoms with Gasteiger partial charge >= 0.3 is 6.09 Å². The molecule has 10 nitrogen and oxygen atoms in total. The summed E-state index contributed by atoms with van der Waals surface area (Å²) in [6.45, 7) is 7.56. The third kappa shape index (κ3) is 6.70. The Morgan fingerprint density at radius 1 is 1.12 bits per heavy atom. The van der Waals surface area contributed by atoms with Gasteiger partial charge in [-0.15, -0.1) is 0 Å². The van der Waals surface area contributed by atoms with Gasteiger partial charge in [0.2, 0.25) is 0 Å². The molecule has 264 valence electrons. The number of nitrogens with zero attached hydrogens (tertiary/aromatic N) is 4. The maximum atomic E-state index is 17.0. The molecule has 3 heterocycles. The first-order valence-electron chi connectivity index (χ1n) is 16.9. The summed E-state index contributed by atoms with van der Waals surface area (Å²) in [5.41, 5.74) is -2.98. The van der Waals surface area contributed by atoms with Gasteiger partial charge in [-0.2, -0.15) is 5.26 Å². The molecule has 0 spiro atoms. The van der Waals surface area contributed by atoms with E-state index in [1.54, 1.807) is 75.1 Å². The van der Waals surface area contributed by atoms with Crippen molar-refractivity contribution in [2.24, 2.45) is 11.3 Å². The quantitative estimate of drug-likeness (QED) is 0.267. The number of amides is 2. The van der Waals surface area contributed by atoms with Crippen LogP contribution in [0.15, 0.2) is 54.7 Å². The van der Waals surface area contributed by atoms with Gasteiger partial charge in [0.05, 0.1) is 47.7 Å². The molecule has 1 saturated carbocycles. The van der Waals surface area contributed by atoms with E-state index in [1.165, 1.54) is 17.2 Å². The number of rotatable bonds is 9. The third-order valence-electron chi connectivity index (χ3n) is 10.2. The maximum absolute atomic E-state index is 17.0. The molecule has 1 aromatic heterocycles. The van der Waals surface area contributed by atoms with Crippen molar-refractivity contribution >= 4 is 23.6 Å². The van der Waals surface area contributed by atoms with Crippen molar-refractivity contribution < 1.29 is 33.7 Å². The first-order chi connectivity index (χ1) is 23.6. The van der Waals surface area contributed by atoms with Crippen LogP contribution in [0.4, 0.5) is 9.18 Å². The first kappa shape index (κ1) is 35.7. The van der Waals surface area contributed by atoms with E-state index in [2.05, 4.69) is 4.98 Å². The van der Waals surface area contributed by atoms with Gasteiger partial charge in [0.25, 0.3) is 5.91 Å². The van der Waals surface area contributed by atoms with Gasteiger partial charge in [0, 0.05) is 35.3 Å². The number of fused-ring (bicyclic) bond motifs is 1. The number of aliphatic hydroxyl groups is 2. The Labute approximate surface area is 296 Å². The van der Waals surface area contributed by atoms with Gasteiger partial charge in [-0.3, -0.25) is 14.7 Å². The molecule has 1 aliphatic carbocycles. The fraction of sp³-hybridized carbons (Fsp3) is 0.474. The zero-order valence-corrected chi connectivity index (χ0v) is 29.5. The number of carbonyl (C=O) groups excluding carboxylic acids is 2. The predicted molar refractivity (Wildman–Crippen MR) is 182 cm³/mol. The summed E-state index contributed by atoms with van der Waals surface area (Å²) in [7, 11) is 0. The number of halogens is 2.